The normalized spacial score (nSPS) is 14.6. The van der Waals surface area contributed by atoms with Crippen LogP contribution >= 0.6 is 0 Å². The van der Waals surface area contributed by atoms with E-state index in [-0.39, 0.29) is 6.54 Å². The second-order valence-corrected chi connectivity index (χ2v) is 4.69. The van der Waals surface area contributed by atoms with Crippen molar-refractivity contribution in [3.05, 3.63) is 0 Å². The third kappa shape index (κ3) is 5.78. The number of alkyl halides is 3. The molecule has 0 aromatic heterocycles. The molecule has 0 fully saturated rings. The summed E-state index contributed by atoms with van der Waals surface area (Å²) in [5, 5.41) is 12.3. The summed E-state index contributed by atoms with van der Waals surface area (Å²) in [7, 11) is 0. The van der Waals surface area contributed by atoms with Crippen LogP contribution in [0.1, 0.15) is 27.2 Å². The molecule has 0 aliphatic carbocycles. The Morgan fingerprint density at radius 1 is 1.19 bits per heavy atom. The largest absolute Gasteiger partial charge is 0.479 e. The van der Waals surface area contributed by atoms with E-state index >= 15 is 0 Å². The van der Waals surface area contributed by atoms with Crippen LogP contribution in [0.3, 0.4) is 0 Å². The number of carbonyl (C=O) groups is 2. The lowest BCUT2D eigenvalue weighted by Gasteiger charge is -2.28. The summed E-state index contributed by atoms with van der Waals surface area (Å²) >= 11 is 0. The van der Waals surface area contributed by atoms with Gasteiger partial charge in [0.15, 0.2) is 0 Å². The van der Waals surface area contributed by atoms with E-state index in [1.807, 2.05) is 13.8 Å². The number of aliphatic carboxylic acids is 1. The van der Waals surface area contributed by atoms with E-state index in [0.717, 1.165) is 13.1 Å². The molecule has 0 saturated carbocycles. The van der Waals surface area contributed by atoms with Crippen LogP contribution in [0, 0.1) is 0 Å². The Labute approximate surface area is 121 Å². The molecule has 0 aliphatic rings. The van der Waals surface area contributed by atoms with Gasteiger partial charge in [0, 0.05) is 6.54 Å². The Morgan fingerprint density at radius 3 is 2.10 bits per heavy atom. The number of rotatable bonds is 8. The van der Waals surface area contributed by atoms with E-state index in [4.69, 9.17) is 5.11 Å². The monoisotopic (exact) mass is 313 g/mol. The summed E-state index contributed by atoms with van der Waals surface area (Å²) in [6.45, 7) is 6.90. The topological polar surface area (TPSA) is 81.7 Å². The highest BCUT2D eigenvalue weighted by Gasteiger charge is 2.58. The van der Waals surface area contributed by atoms with Crippen LogP contribution < -0.4 is 10.6 Å². The van der Waals surface area contributed by atoms with E-state index in [9.17, 15) is 22.8 Å². The standard InChI is InChI=1S/C12H22F3N3O3/c1-4-18(5-2)8-6-7-16-10(21)17-11(3,9(19)20)12(13,14)15/h4-8H2,1-3H3,(H,19,20)(H2,16,17,21). The van der Waals surface area contributed by atoms with Crippen LogP contribution in [0.25, 0.3) is 0 Å². The van der Waals surface area contributed by atoms with Crippen molar-refractivity contribution >= 4 is 12.0 Å². The molecule has 0 aromatic rings. The van der Waals surface area contributed by atoms with E-state index in [0.29, 0.717) is 19.9 Å². The molecule has 0 radical (unpaired) electrons. The number of carboxylic acids is 1. The summed E-state index contributed by atoms with van der Waals surface area (Å²) in [5.41, 5.74) is -3.31. The molecule has 0 aliphatic heterocycles. The molecule has 21 heavy (non-hydrogen) atoms. The quantitative estimate of drug-likeness (QED) is 0.592. The zero-order chi connectivity index (χ0) is 16.7. The van der Waals surface area contributed by atoms with Gasteiger partial charge in [-0.25, -0.2) is 9.59 Å². The maximum Gasteiger partial charge on any atom is 0.422 e. The third-order valence-electron chi connectivity index (χ3n) is 3.19. The fourth-order valence-corrected chi connectivity index (χ4v) is 1.56. The predicted octanol–water partition coefficient (Wildman–Crippen LogP) is 1.42. The zero-order valence-electron chi connectivity index (χ0n) is 12.4. The van der Waals surface area contributed by atoms with Crippen molar-refractivity contribution in [1.29, 1.82) is 0 Å². The first kappa shape index (κ1) is 19.5. The molecule has 3 N–H and O–H groups in total. The second kappa shape index (κ2) is 8.06. The van der Waals surface area contributed by atoms with Crippen molar-refractivity contribution in [1.82, 2.24) is 15.5 Å². The van der Waals surface area contributed by atoms with Crippen molar-refractivity contribution in [2.24, 2.45) is 0 Å². The molecule has 1 atom stereocenters. The fraction of sp³-hybridized carbons (Fsp3) is 0.833. The van der Waals surface area contributed by atoms with Crippen LogP contribution in [-0.2, 0) is 4.79 Å². The van der Waals surface area contributed by atoms with Gasteiger partial charge in [0.2, 0.25) is 5.54 Å². The molecule has 0 saturated heterocycles. The lowest BCUT2D eigenvalue weighted by Crippen LogP contribution is -2.63. The van der Waals surface area contributed by atoms with Gasteiger partial charge in [0.1, 0.15) is 0 Å². The van der Waals surface area contributed by atoms with E-state index in [1.165, 1.54) is 5.32 Å². The maximum atomic E-state index is 12.7. The maximum absolute atomic E-state index is 12.7. The van der Waals surface area contributed by atoms with Gasteiger partial charge in [-0.15, -0.1) is 0 Å². The first-order chi connectivity index (χ1) is 9.58. The SMILES string of the molecule is CCN(CC)CCCNC(=O)NC(C)(C(=O)O)C(F)(F)F. The molecule has 0 aromatic carbocycles. The number of hydrogen-bond acceptors (Lipinski definition) is 3. The number of nitrogens with one attached hydrogen (secondary N) is 2. The van der Waals surface area contributed by atoms with Crippen LogP contribution in [0.4, 0.5) is 18.0 Å². The average Bonchev–Trinajstić information content (AvgIpc) is 2.37. The van der Waals surface area contributed by atoms with Crippen molar-refractivity contribution < 1.29 is 27.9 Å². The van der Waals surface area contributed by atoms with Crippen molar-refractivity contribution in [3.63, 3.8) is 0 Å². The number of hydrogen-bond donors (Lipinski definition) is 3. The molecule has 1 unspecified atom stereocenters. The Morgan fingerprint density at radius 2 is 1.71 bits per heavy atom. The number of urea groups is 1. The van der Waals surface area contributed by atoms with Gasteiger partial charge in [0.05, 0.1) is 0 Å². The number of carbonyl (C=O) groups excluding carboxylic acids is 1. The Balaban J connectivity index is 4.33. The van der Waals surface area contributed by atoms with Gasteiger partial charge < -0.3 is 20.6 Å². The lowest BCUT2D eigenvalue weighted by atomic mass is 10.0. The van der Waals surface area contributed by atoms with E-state index in [2.05, 4.69) is 10.2 Å². The van der Waals surface area contributed by atoms with Crippen LogP contribution in [-0.4, -0.2) is 59.9 Å². The van der Waals surface area contributed by atoms with Crippen molar-refractivity contribution in [2.75, 3.05) is 26.2 Å². The molecule has 124 valence electrons. The first-order valence-corrected chi connectivity index (χ1v) is 6.67. The predicted molar refractivity (Wildman–Crippen MR) is 71.0 cm³/mol. The molecule has 2 amide bonds. The highest BCUT2D eigenvalue weighted by atomic mass is 19.4. The minimum atomic E-state index is -5.09. The summed E-state index contributed by atoms with van der Waals surface area (Å²) in [6.07, 6.45) is -4.53. The van der Waals surface area contributed by atoms with Crippen LogP contribution in [0.15, 0.2) is 0 Å². The summed E-state index contributed by atoms with van der Waals surface area (Å²) in [5.74, 6) is -2.16. The molecule has 0 bridgehead atoms. The molecular formula is C12H22F3N3O3. The number of nitrogens with zero attached hydrogens (tertiary/aromatic N) is 1. The summed E-state index contributed by atoms with van der Waals surface area (Å²) in [4.78, 5) is 24.2. The minimum Gasteiger partial charge on any atom is -0.479 e. The van der Waals surface area contributed by atoms with Gasteiger partial charge in [-0.1, -0.05) is 13.8 Å². The number of carboxylic acid groups (broad SMARTS) is 1. The Hall–Kier alpha value is -1.51. The summed E-state index contributed by atoms with van der Waals surface area (Å²) < 4.78 is 38.0. The lowest BCUT2D eigenvalue weighted by molar-refractivity contribution is -0.203. The van der Waals surface area contributed by atoms with Gasteiger partial charge in [0.25, 0.3) is 0 Å². The van der Waals surface area contributed by atoms with Crippen LogP contribution in [0.5, 0.6) is 0 Å². The molecular weight excluding hydrogens is 291 g/mol. The van der Waals surface area contributed by atoms with Crippen LogP contribution in [0.2, 0.25) is 0 Å². The smallest absolute Gasteiger partial charge is 0.422 e. The van der Waals surface area contributed by atoms with Gasteiger partial charge in [-0.2, -0.15) is 13.2 Å². The zero-order valence-corrected chi connectivity index (χ0v) is 12.4. The van der Waals surface area contributed by atoms with Gasteiger partial charge >= 0.3 is 18.2 Å². The fourth-order valence-electron chi connectivity index (χ4n) is 1.56. The molecule has 0 spiro atoms. The molecule has 9 heteroatoms. The van der Waals surface area contributed by atoms with Crippen molar-refractivity contribution in [3.8, 4) is 0 Å². The first-order valence-electron chi connectivity index (χ1n) is 6.67. The molecule has 6 nitrogen and oxygen atoms in total. The minimum absolute atomic E-state index is 0.163. The summed E-state index contributed by atoms with van der Waals surface area (Å²) in [6, 6.07) is -1.16. The third-order valence-corrected chi connectivity index (χ3v) is 3.19. The second-order valence-electron chi connectivity index (χ2n) is 4.69. The Bertz CT molecular complexity index is 359. The van der Waals surface area contributed by atoms with E-state index < -0.39 is 23.7 Å². The molecule has 0 rings (SSSR count). The van der Waals surface area contributed by atoms with Gasteiger partial charge in [-0.05, 0) is 33.0 Å². The average molecular weight is 313 g/mol. The Kier molecular flexibility index (Phi) is 7.48. The highest BCUT2D eigenvalue weighted by molar-refractivity contribution is 5.86. The molecule has 0 heterocycles. The van der Waals surface area contributed by atoms with Gasteiger partial charge in [-0.3, -0.25) is 0 Å². The van der Waals surface area contributed by atoms with Crippen molar-refractivity contribution in [2.45, 2.75) is 38.9 Å². The number of halogens is 3. The number of amides is 2. The van der Waals surface area contributed by atoms with E-state index in [1.54, 1.807) is 0 Å². The highest BCUT2D eigenvalue weighted by Crippen LogP contribution is 2.30.